The normalized spacial score (nSPS) is 16.5. The Bertz CT molecular complexity index is 700. The summed E-state index contributed by atoms with van der Waals surface area (Å²) in [5.74, 6) is 0. The molecule has 24 heavy (non-hydrogen) atoms. The number of fused-ring (bicyclic) bond motifs is 1. The van der Waals surface area contributed by atoms with Gasteiger partial charge in [-0.2, -0.15) is 4.37 Å². The van der Waals surface area contributed by atoms with E-state index in [-0.39, 0.29) is 6.09 Å². The molecule has 1 aromatic carbocycles. The predicted octanol–water partition coefficient (Wildman–Crippen LogP) is 3.79. The number of hydrogen-bond acceptors (Lipinski definition) is 5. The van der Waals surface area contributed by atoms with Crippen LogP contribution in [0.3, 0.4) is 0 Å². The SMILES string of the molecule is CC(C)(C)OC(=O)N1CCC(NCc2nsc3ccccc23)CC1. The van der Waals surface area contributed by atoms with Gasteiger partial charge in [-0.1, -0.05) is 18.2 Å². The minimum atomic E-state index is -0.433. The fourth-order valence-corrected chi connectivity index (χ4v) is 3.69. The minimum absolute atomic E-state index is 0.202. The zero-order chi connectivity index (χ0) is 17.2. The molecule has 5 nitrogen and oxygen atoms in total. The average Bonchev–Trinajstić information content (AvgIpc) is 2.95. The lowest BCUT2D eigenvalue weighted by atomic mass is 10.1. The summed E-state index contributed by atoms with van der Waals surface area (Å²) in [5.41, 5.74) is 0.683. The summed E-state index contributed by atoms with van der Waals surface area (Å²) < 4.78 is 11.2. The molecule has 130 valence electrons. The summed E-state index contributed by atoms with van der Waals surface area (Å²) in [6.45, 7) is 7.96. The van der Waals surface area contributed by atoms with Crippen LogP contribution in [0.5, 0.6) is 0 Å². The topological polar surface area (TPSA) is 54.5 Å². The van der Waals surface area contributed by atoms with E-state index in [1.165, 1.54) is 10.1 Å². The average molecular weight is 347 g/mol. The molecule has 1 amide bonds. The van der Waals surface area contributed by atoms with Gasteiger partial charge in [0.05, 0.1) is 10.4 Å². The van der Waals surface area contributed by atoms with E-state index in [1.807, 2.05) is 31.7 Å². The van der Waals surface area contributed by atoms with Crippen LogP contribution < -0.4 is 5.32 Å². The number of hydrogen-bond donors (Lipinski definition) is 1. The van der Waals surface area contributed by atoms with Gasteiger partial charge < -0.3 is 15.0 Å². The smallest absolute Gasteiger partial charge is 0.410 e. The Morgan fingerprint density at radius 2 is 2.04 bits per heavy atom. The minimum Gasteiger partial charge on any atom is -0.444 e. The number of nitrogens with zero attached hydrogens (tertiary/aromatic N) is 2. The van der Waals surface area contributed by atoms with E-state index in [0.29, 0.717) is 6.04 Å². The summed E-state index contributed by atoms with van der Waals surface area (Å²) in [6, 6.07) is 8.75. The molecule has 0 radical (unpaired) electrons. The molecule has 0 atom stereocenters. The Hall–Kier alpha value is -1.66. The molecular weight excluding hydrogens is 322 g/mol. The van der Waals surface area contributed by atoms with Crippen molar-refractivity contribution >= 4 is 27.7 Å². The van der Waals surface area contributed by atoms with Crippen LogP contribution in [0, 0.1) is 0 Å². The highest BCUT2D eigenvalue weighted by molar-refractivity contribution is 7.13. The van der Waals surface area contributed by atoms with Gasteiger partial charge in [0.2, 0.25) is 0 Å². The first-order valence-electron chi connectivity index (χ1n) is 8.47. The lowest BCUT2D eigenvalue weighted by molar-refractivity contribution is 0.0198. The van der Waals surface area contributed by atoms with Gasteiger partial charge in [0.1, 0.15) is 5.60 Å². The van der Waals surface area contributed by atoms with Crippen molar-refractivity contribution in [1.29, 1.82) is 0 Å². The van der Waals surface area contributed by atoms with Crippen LogP contribution in [-0.4, -0.2) is 40.1 Å². The van der Waals surface area contributed by atoms with Crippen molar-refractivity contribution in [2.45, 2.75) is 51.8 Å². The molecule has 1 fully saturated rings. The van der Waals surface area contributed by atoms with Crippen LogP contribution in [0.25, 0.3) is 10.1 Å². The highest BCUT2D eigenvalue weighted by Gasteiger charge is 2.26. The monoisotopic (exact) mass is 347 g/mol. The van der Waals surface area contributed by atoms with Gasteiger partial charge in [-0.3, -0.25) is 0 Å². The Morgan fingerprint density at radius 1 is 1.33 bits per heavy atom. The Morgan fingerprint density at radius 3 is 2.75 bits per heavy atom. The van der Waals surface area contributed by atoms with E-state index in [9.17, 15) is 4.79 Å². The van der Waals surface area contributed by atoms with Crippen LogP contribution in [0.15, 0.2) is 24.3 Å². The van der Waals surface area contributed by atoms with E-state index >= 15 is 0 Å². The van der Waals surface area contributed by atoms with E-state index in [2.05, 4.69) is 27.9 Å². The lowest BCUT2D eigenvalue weighted by Gasteiger charge is -2.33. The summed E-state index contributed by atoms with van der Waals surface area (Å²) in [6.07, 6.45) is 1.69. The molecule has 6 heteroatoms. The maximum absolute atomic E-state index is 12.1. The van der Waals surface area contributed by atoms with Crippen LogP contribution in [-0.2, 0) is 11.3 Å². The molecule has 1 saturated heterocycles. The predicted molar refractivity (Wildman–Crippen MR) is 97.3 cm³/mol. The number of rotatable bonds is 3. The van der Waals surface area contributed by atoms with Crippen molar-refractivity contribution in [3.63, 3.8) is 0 Å². The second kappa shape index (κ2) is 7.07. The fraction of sp³-hybridized carbons (Fsp3) is 0.556. The molecule has 3 rings (SSSR count). The van der Waals surface area contributed by atoms with Crippen LogP contribution in [0.2, 0.25) is 0 Å². The second-order valence-corrected chi connectivity index (χ2v) is 8.05. The quantitative estimate of drug-likeness (QED) is 0.918. The largest absolute Gasteiger partial charge is 0.444 e. The van der Waals surface area contributed by atoms with Crippen LogP contribution in [0.4, 0.5) is 4.79 Å². The summed E-state index contributed by atoms with van der Waals surface area (Å²) in [7, 11) is 0. The van der Waals surface area contributed by atoms with Crippen molar-refractivity contribution in [2.75, 3.05) is 13.1 Å². The van der Waals surface area contributed by atoms with E-state index in [0.717, 1.165) is 38.2 Å². The fourth-order valence-electron chi connectivity index (χ4n) is 2.90. The van der Waals surface area contributed by atoms with Gasteiger partial charge in [-0.25, -0.2) is 4.79 Å². The van der Waals surface area contributed by atoms with Gasteiger partial charge in [0.15, 0.2) is 0 Å². The molecule has 2 aromatic rings. The van der Waals surface area contributed by atoms with Crippen molar-refractivity contribution in [3.8, 4) is 0 Å². The summed E-state index contributed by atoms with van der Waals surface area (Å²) in [4.78, 5) is 13.9. The number of benzene rings is 1. The molecule has 1 aliphatic heterocycles. The lowest BCUT2D eigenvalue weighted by Crippen LogP contribution is -2.46. The third-order valence-corrected chi connectivity index (χ3v) is 5.02. The Kier molecular flexibility index (Phi) is 5.06. The number of aromatic nitrogens is 1. The first-order chi connectivity index (χ1) is 11.4. The molecule has 0 aliphatic carbocycles. The van der Waals surface area contributed by atoms with Crippen molar-refractivity contribution < 1.29 is 9.53 Å². The zero-order valence-corrected chi connectivity index (χ0v) is 15.4. The van der Waals surface area contributed by atoms with E-state index in [4.69, 9.17) is 4.74 Å². The number of ether oxygens (including phenoxy) is 1. The van der Waals surface area contributed by atoms with Crippen molar-refractivity contribution in [3.05, 3.63) is 30.0 Å². The van der Waals surface area contributed by atoms with Gasteiger partial charge in [0, 0.05) is 31.1 Å². The molecule has 2 heterocycles. The zero-order valence-electron chi connectivity index (χ0n) is 14.5. The maximum atomic E-state index is 12.1. The van der Waals surface area contributed by atoms with Crippen LogP contribution in [0.1, 0.15) is 39.3 Å². The number of carbonyl (C=O) groups excluding carboxylic acids is 1. The molecule has 0 bridgehead atoms. The Labute approximate surface area is 147 Å². The number of piperidine rings is 1. The highest BCUT2D eigenvalue weighted by atomic mass is 32.1. The first kappa shape index (κ1) is 17.2. The molecule has 1 aliphatic rings. The first-order valence-corrected chi connectivity index (χ1v) is 9.24. The highest BCUT2D eigenvalue weighted by Crippen LogP contribution is 2.22. The number of nitrogens with one attached hydrogen (secondary N) is 1. The number of amides is 1. The van der Waals surface area contributed by atoms with Gasteiger partial charge in [-0.15, -0.1) is 0 Å². The third kappa shape index (κ3) is 4.24. The number of likely N-dealkylation sites (tertiary alicyclic amines) is 1. The van der Waals surface area contributed by atoms with Gasteiger partial charge >= 0.3 is 6.09 Å². The molecule has 0 spiro atoms. The van der Waals surface area contributed by atoms with Crippen molar-refractivity contribution in [2.24, 2.45) is 0 Å². The standard InChI is InChI=1S/C18H25N3O2S/c1-18(2,3)23-17(22)21-10-8-13(9-11-21)19-12-15-14-6-4-5-7-16(14)24-20-15/h4-7,13,19H,8-12H2,1-3H3. The van der Waals surface area contributed by atoms with E-state index < -0.39 is 5.60 Å². The Balaban J connectivity index is 1.48. The molecule has 0 saturated carbocycles. The number of carbonyl (C=O) groups is 1. The summed E-state index contributed by atoms with van der Waals surface area (Å²) in [5, 5.41) is 4.83. The van der Waals surface area contributed by atoms with Gasteiger partial charge in [-0.05, 0) is 51.2 Å². The maximum Gasteiger partial charge on any atom is 0.410 e. The molecule has 0 unspecified atom stereocenters. The molecular formula is C18H25N3O2S. The second-order valence-electron chi connectivity index (χ2n) is 7.25. The van der Waals surface area contributed by atoms with Gasteiger partial charge in [0.25, 0.3) is 0 Å². The summed E-state index contributed by atoms with van der Waals surface area (Å²) >= 11 is 1.55. The van der Waals surface area contributed by atoms with Crippen molar-refractivity contribution in [1.82, 2.24) is 14.6 Å². The van der Waals surface area contributed by atoms with E-state index in [1.54, 1.807) is 11.5 Å². The molecule has 1 aromatic heterocycles. The third-order valence-electron chi connectivity index (χ3n) is 4.16. The molecule has 1 N–H and O–H groups in total. The van der Waals surface area contributed by atoms with Crippen LogP contribution >= 0.6 is 11.5 Å².